The first-order valence-electron chi connectivity index (χ1n) is 6.28. The molecule has 1 aromatic rings. The standard InChI is InChI=1S/C14H19N3/c1-3-14(2)6-8-17(9-7-14)13-5-4-12(10-15)11-16-13/h4-5,11H,3,6-9H2,1-2H3. The monoisotopic (exact) mass is 229 g/mol. The van der Waals surface area contributed by atoms with Gasteiger partial charge in [-0.2, -0.15) is 5.26 Å². The molecule has 0 spiro atoms. The van der Waals surface area contributed by atoms with Crippen molar-refractivity contribution < 1.29 is 0 Å². The van der Waals surface area contributed by atoms with Gasteiger partial charge in [-0.05, 0) is 30.4 Å². The summed E-state index contributed by atoms with van der Waals surface area (Å²) in [6.45, 7) is 6.79. The number of rotatable bonds is 2. The van der Waals surface area contributed by atoms with Crippen LogP contribution < -0.4 is 4.90 Å². The molecular weight excluding hydrogens is 210 g/mol. The van der Waals surface area contributed by atoms with Crippen LogP contribution in [0.1, 0.15) is 38.7 Å². The minimum atomic E-state index is 0.503. The molecule has 1 aromatic heterocycles. The molecule has 0 aromatic carbocycles. The van der Waals surface area contributed by atoms with Crippen molar-refractivity contribution in [1.82, 2.24) is 4.98 Å². The summed E-state index contributed by atoms with van der Waals surface area (Å²) in [6, 6.07) is 5.89. The summed E-state index contributed by atoms with van der Waals surface area (Å²) in [5.41, 5.74) is 1.13. The molecule has 3 nitrogen and oxygen atoms in total. The molecule has 0 radical (unpaired) electrons. The zero-order chi connectivity index (χ0) is 12.3. The van der Waals surface area contributed by atoms with Gasteiger partial charge in [0.25, 0.3) is 0 Å². The molecule has 0 unspecified atom stereocenters. The molecule has 1 aliphatic heterocycles. The van der Waals surface area contributed by atoms with Crippen molar-refractivity contribution in [1.29, 1.82) is 5.26 Å². The van der Waals surface area contributed by atoms with Crippen molar-refractivity contribution in [2.24, 2.45) is 5.41 Å². The van der Waals surface area contributed by atoms with Crippen LogP contribution in [0.3, 0.4) is 0 Å². The lowest BCUT2D eigenvalue weighted by Crippen LogP contribution is -2.38. The normalized spacial score (nSPS) is 18.8. The Labute approximate surface area is 103 Å². The average Bonchev–Trinajstić information content (AvgIpc) is 2.40. The number of hydrogen-bond acceptors (Lipinski definition) is 3. The summed E-state index contributed by atoms with van der Waals surface area (Å²) < 4.78 is 0. The minimum Gasteiger partial charge on any atom is -0.357 e. The van der Waals surface area contributed by atoms with Crippen molar-refractivity contribution in [2.45, 2.75) is 33.1 Å². The fourth-order valence-corrected chi connectivity index (χ4v) is 2.27. The van der Waals surface area contributed by atoms with Gasteiger partial charge in [0.1, 0.15) is 11.9 Å². The van der Waals surface area contributed by atoms with Crippen LogP contribution in [0, 0.1) is 16.7 Å². The number of nitriles is 1. The summed E-state index contributed by atoms with van der Waals surface area (Å²) in [5, 5.41) is 8.74. The average molecular weight is 229 g/mol. The maximum atomic E-state index is 8.74. The summed E-state index contributed by atoms with van der Waals surface area (Å²) in [7, 11) is 0. The number of pyridine rings is 1. The van der Waals surface area contributed by atoms with Crippen LogP contribution in [0.2, 0.25) is 0 Å². The molecule has 0 atom stereocenters. The largest absolute Gasteiger partial charge is 0.357 e. The molecule has 0 amide bonds. The quantitative estimate of drug-likeness (QED) is 0.782. The maximum Gasteiger partial charge on any atom is 0.128 e. The van der Waals surface area contributed by atoms with Gasteiger partial charge in [0, 0.05) is 19.3 Å². The van der Waals surface area contributed by atoms with E-state index < -0.39 is 0 Å². The Morgan fingerprint density at radius 2 is 2.12 bits per heavy atom. The fraction of sp³-hybridized carbons (Fsp3) is 0.571. The first-order valence-corrected chi connectivity index (χ1v) is 6.28. The highest BCUT2D eigenvalue weighted by Crippen LogP contribution is 2.35. The van der Waals surface area contributed by atoms with E-state index in [0.717, 1.165) is 18.9 Å². The number of piperidine rings is 1. The van der Waals surface area contributed by atoms with Crippen LogP contribution in [0.5, 0.6) is 0 Å². The number of nitrogens with zero attached hydrogens (tertiary/aromatic N) is 3. The van der Waals surface area contributed by atoms with E-state index in [9.17, 15) is 0 Å². The van der Waals surface area contributed by atoms with E-state index in [4.69, 9.17) is 5.26 Å². The third-order valence-corrected chi connectivity index (χ3v) is 4.03. The molecule has 17 heavy (non-hydrogen) atoms. The third-order valence-electron chi connectivity index (χ3n) is 4.03. The Kier molecular flexibility index (Phi) is 3.33. The number of hydrogen-bond donors (Lipinski definition) is 0. The first-order chi connectivity index (χ1) is 8.17. The van der Waals surface area contributed by atoms with Crippen molar-refractivity contribution in [3.05, 3.63) is 23.9 Å². The predicted molar refractivity (Wildman–Crippen MR) is 68.8 cm³/mol. The van der Waals surface area contributed by atoms with Crippen molar-refractivity contribution >= 4 is 5.82 Å². The van der Waals surface area contributed by atoms with Gasteiger partial charge in [-0.3, -0.25) is 0 Å². The second-order valence-corrected chi connectivity index (χ2v) is 5.17. The van der Waals surface area contributed by atoms with Gasteiger partial charge in [0.05, 0.1) is 5.56 Å². The predicted octanol–water partition coefficient (Wildman–Crippen LogP) is 2.97. The molecular formula is C14H19N3. The van der Waals surface area contributed by atoms with E-state index in [0.29, 0.717) is 11.0 Å². The van der Waals surface area contributed by atoms with E-state index in [1.807, 2.05) is 12.1 Å². The van der Waals surface area contributed by atoms with Gasteiger partial charge < -0.3 is 4.90 Å². The molecule has 2 rings (SSSR count). The lowest BCUT2D eigenvalue weighted by molar-refractivity contribution is 0.238. The number of aromatic nitrogens is 1. The molecule has 0 saturated carbocycles. The summed E-state index contributed by atoms with van der Waals surface area (Å²) in [6.07, 6.45) is 5.36. The molecule has 0 aliphatic carbocycles. The van der Waals surface area contributed by atoms with Crippen LogP contribution >= 0.6 is 0 Å². The van der Waals surface area contributed by atoms with Crippen molar-refractivity contribution in [3.8, 4) is 6.07 Å². The van der Waals surface area contributed by atoms with Crippen molar-refractivity contribution in [2.75, 3.05) is 18.0 Å². The highest BCUT2D eigenvalue weighted by molar-refractivity contribution is 5.42. The van der Waals surface area contributed by atoms with Gasteiger partial charge >= 0.3 is 0 Å². The van der Waals surface area contributed by atoms with E-state index in [1.54, 1.807) is 6.20 Å². The van der Waals surface area contributed by atoms with Gasteiger partial charge in [0.15, 0.2) is 0 Å². The Morgan fingerprint density at radius 3 is 2.59 bits per heavy atom. The third kappa shape index (κ3) is 2.58. The Bertz CT molecular complexity index is 408. The molecule has 1 saturated heterocycles. The summed E-state index contributed by atoms with van der Waals surface area (Å²) >= 11 is 0. The zero-order valence-corrected chi connectivity index (χ0v) is 10.6. The zero-order valence-electron chi connectivity index (χ0n) is 10.6. The SMILES string of the molecule is CCC1(C)CCN(c2ccc(C#N)cn2)CC1. The highest BCUT2D eigenvalue weighted by atomic mass is 15.2. The lowest BCUT2D eigenvalue weighted by Gasteiger charge is -2.39. The minimum absolute atomic E-state index is 0.503. The smallest absolute Gasteiger partial charge is 0.128 e. The molecule has 3 heteroatoms. The van der Waals surface area contributed by atoms with Crippen LogP contribution in [-0.4, -0.2) is 18.1 Å². The molecule has 0 N–H and O–H groups in total. The number of anilines is 1. The topological polar surface area (TPSA) is 39.9 Å². The van der Waals surface area contributed by atoms with Gasteiger partial charge in [-0.25, -0.2) is 4.98 Å². The Hall–Kier alpha value is -1.56. The maximum absolute atomic E-state index is 8.74. The Balaban J connectivity index is 2.03. The van der Waals surface area contributed by atoms with E-state index >= 15 is 0 Å². The fourth-order valence-electron chi connectivity index (χ4n) is 2.27. The van der Waals surface area contributed by atoms with Crippen molar-refractivity contribution in [3.63, 3.8) is 0 Å². The molecule has 1 aliphatic rings. The second-order valence-electron chi connectivity index (χ2n) is 5.17. The van der Waals surface area contributed by atoms with E-state index in [-0.39, 0.29) is 0 Å². The van der Waals surface area contributed by atoms with Gasteiger partial charge in [0.2, 0.25) is 0 Å². The summed E-state index contributed by atoms with van der Waals surface area (Å²) in [4.78, 5) is 6.67. The molecule has 90 valence electrons. The second kappa shape index (κ2) is 4.75. The lowest BCUT2D eigenvalue weighted by atomic mass is 9.78. The molecule has 2 heterocycles. The summed E-state index contributed by atoms with van der Waals surface area (Å²) in [5.74, 6) is 1.00. The van der Waals surface area contributed by atoms with Gasteiger partial charge in [-0.1, -0.05) is 20.3 Å². The van der Waals surface area contributed by atoms with Crippen LogP contribution in [0.4, 0.5) is 5.82 Å². The van der Waals surface area contributed by atoms with E-state index in [1.165, 1.54) is 19.3 Å². The Morgan fingerprint density at radius 1 is 1.41 bits per heavy atom. The molecule has 1 fully saturated rings. The highest BCUT2D eigenvalue weighted by Gasteiger charge is 2.28. The van der Waals surface area contributed by atoms with Crippen LogP contribution in [0.25, 0.3) is 0 Å². The van der Waals surface area contributed by atoms with Crippen LogP contribution in [-0.2, 0) is 0 Å². The van der Waals surface area contributed by atoms with Crippen LogP contribution in [0.15, 0.2) is 18.3 Å². The molecule has 0 bridgehead atoms. The van der Waals surface area contributed by atoms with E-state index in [2.05, 4.69) is 29.8 Å². The van der Waals surface area contributed by atoms with Gasteiger partial charge in [-0.15, -0.1) is 0 Å². The first kappa shape index (κ1) is 11.9.